The molecule has 0 amide bonds. The summed E-state index contributed by atoms with van der Waals surface area (Å²) in [5.74, 6) is -0.0359. The van der Waals surface area contributed by atoms with Gasteiger partial charge in [-0.1, -0.05) is 0 Å². The van der Waals surface area contributed by atoms with Crippen LogP contribution in [0.15, 0.2) is 18.2 Å². The highest BCUT2D eigenvalue weighted by atomic mass is 32.2. The van der Waals surface area contributed by atoms with Crippen molar-refractivity contribution in [1.82, 2.24) is 4.90 Å². The summed E-state index contributed by atoms with van der Waals surface area (Å²) in [5.41, 5.74) is 1.11. The molecule has 1 N–H and O–H groups in total. The second kappa shape index (κ2) is 6.04. The van der Waals surface area contributed by atoms with Crippen molar-refractivity contribution < 1.29 is 12.8 Å². The van der Waals surface area contributed by atoms with Crippen molar-refractivity contribution in [1.29, 1.82) is 0 Å². The van der Waals surface area contributed by atoms with E-state index in [1.165, 1.54) is 12.1 Å². The van der Waals surface area contributed by atoms with E-state index in [1.807, 2.05) is 0 Å². The fourth-order valence-electron chi connectivity index (χ4n) is 2.72. The van der Waals surface area contributed by atoms with Gasteiger partial charge >= 0.3 is 0 Å². The highest BCUT2D eigenvalue weighted by Crippen LogP contribution is 2.33. The zero-order chi connectivity index (χ0) is 15.7. The van der Waals surface area contributed by atoms with Gasteiger partial charge in [0.25, 0.3) is 0 Å². The lowest BCUT2D eigenvalue weighted by Gasteiger charge is -2.35. The van der Waals surface area contributed by atoms with Gasteiger partial charge in [-0.3, -0.25) is 4.72 Å². The minimum Gasteiger partial charge on any atom is -0.367 e. The summed E-state index contributed by atoms with van der Waals surface area (Å²) in [6.45, 7) is 3.43. The van der Waals surface area contributed by atoms with Crippen molar-refractivity contribution in [2.45, 2.75) is 12.8 Å². The van der Waals surface area contributed by atoms with E-state index in [4.69, 9.17) is 0 Å². The number of nitrogens with zero attached hydrogens (tertiary/aromatic N) is 2. The number of hydrogen-bond donors (Lipinski definition) is 1. The maximum absolute atomic E-state index is 13.6. The minimum atomic E-state index is -3.41. The van der Waals surface area contributed by atoms with Gasteiger partial charge in [0.05, 0.1) is 17.1 Å². The Kier molecular flexibility index (Phi) is 4.27. The number of hydrogen-bond acceptors (Lipinski definition) is 4. The Morgan fingerprint density at radius 2 is 1.91 bits per heavy atom. The molecule has 1 saturated heterocycles. The topological polar surface area (TPSA) is 52.6 Å². The number of nitrogens with one attached hydrogen (secondary N) is 1. The number of likely N-dealkylation sites (N-methyl/N-ethyl adjacent to an activating group) is 1. The largest absolute Gasteiger partial charge is 0.367 e. The molecule has 1 aromatic rings. The van der Waals surface area contributed by atoms with Crippen LogP contribution in [0.3, 0.4) is 0 Å². The van der Waals surface area contributed by atoms with Crippen LogP contribution in [0, 0.1) is 11.7 Å². The molecule has 1 aromatic carbocycles. The van der Waals surface area contributed by atoms with E-state index >= 15 is 0 Å². The average Bonchev–Trinajstić information content (AvgIpc) is 3.23. The van der Waals surface area contributed by atoms with Gasteiger partial charge in [0.15, 0.2) is 0 Å². The SMILES string of the molecule is CN1CCN(c2ccc(F)cc2NS(=O)(=O)CC2CC2)CC1. The molecular formula is C15H22FN3O2S. The van der Waals surface area contributed by atoms with Crippen LogP contribution in [-0.2, 0) is 10.0 Å². The molecule has 1 saturated carbocycles. The Balaban J connectivity index is 1.81. The smallest absolute Gasteiger partial charge is 0.233 e. The predicted octanol–water partition coefficient (Wildman–Crippen LogP) is 1.73. The molecular weight excluding hydrogens is 305 g/mol. The molecule has 0 radical (unpaired) electrons. The molecule has 0 bridgehead atoms. The summed E-state index contributed by atoms with van der Waals surface area (Å²) >= 11 is 0. The van der Waals surface area contributed by atoms with Gasteiger partial charge < -0.3 is 9.80 Å². The monoisotopic (exact) mass is 327 g/mol. The van der Waals surface area contributed by atoms with E-state index in [0.717, 1.165) is 44.7 Å². The molecule has 122 valence electrons. The van der Waals surface area contributed by atoms with Crippen LogP contribution in [-0.4, -0.2) is 52.3 Å². The van der Waals surface area contributed by atoms with E-state index in [1.54, 1.807) is 6.07 Å². The van der Waals surface area contributed by atoms with E-state index in [0.29, 0.717) is 5.69 Å². The second-order valence-corrected chi connectivity index (χ2v) is 8.05. The predicted molar refractivity (Wildman–Crippen MR) is 86.2 cm³/mol. The maximum atomic E-state index is 13.6. The van der Waals surface area contributed by atoms with Crippen molar-refractivity contribution in [3.05, 3.63) is 24.0 Å². The summed E-state index contributed by atoms with van der Waals surface area (Å²) < 4.78 is 40.5. The molecule has 1 aliphatic heterocycles. The number of rotatable bonds is 5. The van der Waals surface area contributed by atoms with E-state index < -0.39 is 15.8 Å². The normalized spacial score (nSPS) is 20.2. The molecule has 5 nitrogen and oxygen atoms in total. The number of piperazine rings is 1. The Hall–Kier alpha value is -1.34. The zero-order valence-electron chi connectivity index (χ0n) is 12.8. The highest BCUT2D eigenvalue weighted by Gasteiger charge is 2.29. The second-order valence-electron chi connectivity index (χ2n) is 6.28. The molecule has 2 aliphatic rings. The molecule has 22 heavy (non-hydrogen) atoms. The molecule has 0 unspecified atom stereocenters. The van der Waals surface area contributed by atoms with Crippen LogP contribution in [0.25, 0.3) is 0 Å². The number of anilines is 2. The van der Waals surface area contributed by atoms with Gasteiger partial charge in [-0.2, -0.15) is 0 Å². The van der Waals surface area contributed by atoms with E-state index in [2.05, 4.69) is 21.6 Å². The fraction of sp³-hybridized carbons (Fsp3) is 0.600. The number of sulfonamides is 1. The first kappa shape index (κ1) is 15.6. The molecule has 0 spiro atoms. The fourth-order valence-corrected chi connectivity index (χ4v) is 4.25. The third kappa shape index (κ3) is 3.89. The lowest BCUT2D eigenvalue weighted by atomic mass is 10.2. The molecule has 1 heterocycles. The van der Waals surface area contributed by atoms with Crippen LogP contribution < -0.4 is 9.62 Å². The van der Waals surface area contributed by atoms with Crippen LogP contribution in [0.2, 0.25) is 0 Å². The van der Waals surface area contributed by atoms with Gasteiger partial charge in [0.2, 0.25) is 10.0 Å². The van der Waals surface area contributed by atoms with Crippen LogP contribution in [0.4, 0.5) is 15.8 Å². The van der Waals surface area contributed by atoms with Crippen LogP contribution >= 0.6 is 0 Å². The Morgan fingerprint density at radius 1 is 1.23 bits per heavy atom. The van der Waals surface area contributed by atoms with Crippen LogP contribution in [0.5, 0.6) is 0 Å². The summed E-state index contributed by atoms with van der Waals surface area (Å²) in [6.07, 6.45) is 1.94. The third-order valence-corrected chi connectivity index (χ3v) is 5.66. The zero-order valence-corrected chi connectivity index (χ0v) is 13.6. The summed E-state index contributed by atoms with van der Waals surface area (Å²) in [5, 5.41) is 0. The van der Waals surface area contributed by atoms with Crippen molar-refractivity contribution in [2.24, 2.45) is 5.92 Å². The molecule has 3 rings (SSSR count). The van der Waals surface area contributed by atoms with Crippen molar-refractivity contribution in [2.75, 3.05) is 48.6 Å². The van der Waals surface area contributed by atoms with Crippen molar-refractivity contribution in [3.63, 3.8) is 0 Å². The number of benzene rings is 1. The van der Waals surface area contributed by atoms with Gasteiger partial charge in [-0.25, -0.2) is 12.8 Å². The van der Waals surface area contributed by atoms with E-state index in [-0.39, 0.29) is 11.7 Å². The van der Waals surface area contributed by atoms with Crippen molar-refractivity contribution >= 4 is 21.4 Å². The first-order chi connectivity index (χ1) is 10.4. The van der Waals surface area contributed by atoms with Gasteiger partial charge in [-0.15, -0.1) is 0 Å². The Labute approximate surface area is 131 Å². The quantitative estimate of drug-likeness (QED) is 0.895. The molecule has 0 atom stereocenters. The summed E-state index contributed by atoms with van der Waals surface area (Å²) in [4.78, 5) is 4.32. The van der Waals surface area contributed by atoms with Gasteiger partial charge in [0, 0.05) is 32.2 Å². The lowest BCUT2D eigenvalue weighted by Crippen LogP contribution is -2.44. The van der Waals surface area contributed by atoms with Gasteiger partial charge in [-0.05, 0) is 37.9 Å². The van der Waals surface area contributed by atoms with Gasteiger partial charge in [0.1, 0.15) is 5.82 Å². The Bertz CT molecular complexity index is 638. The lowest BCUT2D eigenvalue weighted by molar-refractivity contribution is 0.313. The standard InChI is InChI=1S/C15H22FN3O2S/c1-18-6-8-19(9-7-18)15-5-4-13(16)10-14(15)17-22(20,21)11-12-2-3-12/h4-5,10,12,17H,2-3,6-9,11H2,1H3. The minimum absolute atomic E-state index is 0.131. The summed E-state index contributed by atoms with van der Waals surface area (Å²) in [6, 6.07) is 4.32. The number of halogens is 1. The average molecular weight is 327 g/mol. The Morgan fingerprint density at radius 3 is 2.55 bits per heavy atom. The van der Waals surface area contributed by atoms with Crippen LogP contribution in [0.1, 0.15) is 12.8 Å². The van der Waals surface area contributed by atoms with E-state index in [9.17, 15) is 12.8 Å². The first-order valence-corrected chi connectivity index (χ1v) is 9.32. The summed E-state index contributed by atoms with van der Waals surface area (Å²) in [7, 11) is -1.36. The third-order valence-electron chi connectivity index (χ3n) is 4.22. The molecule has 2 fully saturated rings. The molecule has 1 aliphatic carbocycles. The molecule has 7 heteroatoms. The molecule has 0 aromatic heterocycles. The first-order valence-electron chi connectivity index (χ1n) is 7.66. The van der Waals surface area contributed by atoms with Crippen molar-refractivity contribution in [3.8, 4) is 0 Å². The maximum Gasteiger partial charge on any atom is 0.233 e. The highest BCUT2D eigenvalue weighted by molar-refractivity contribution is 7.92.